The van der Waals surface area contributed by atoms with Crippen molar-refractivity contribution in [2.45, 2.75) is 119 Å². The van der Waals surface area contributed by atoms with Gasteiger partial charge in [0.05, 0.1) is 49.7 Å². The Kier molecular flexibility index (Phi) is 24.5. The second-order valence-electron chi connectivity index (χ2n) is 22.4. The molecule has 15 N–H and O–H groups in total. The van der Waals surface area contributed by atoms with Crippen LogP contribution in [0.3, 0.4) is 0 Å². The van der Waals surface area contributed by atoms with Crippen molar-refractivity contribution in [3.05, 3.63) is 102 Å². The van der Waals surface area contributed by atoms with Gasteiger partial charge in [0, 0.05) is 68.1 Å². The van der Waals surface area contributed by atoms with Gasteiger partial charge >= 0.3 is 0 Å². The Bertz CT molecular complexity index is 3440. The number of ether oxygens (including phenoxy) is 2. The fourth-order valence-corrected chi connectivity index (χ4v) is 11.9. The Morgan fingerprint density at radius 1 is 0.742 bits per heavy atom. The molecule has 33 heteroatoms. The highest BCUT2D eigenvalue weighted by Crippen LogP contribution is 2.34. The van der Waals surface area contributed by atoms with Gasteiger partial charge in [0.25, 0.3) is 18.2 Å². The van der Waals surface area contributed by atoms with Gasteiger partial charge in [-0.05, 0) is 66.9 Å². The standard InChI is InChI=1S/C60H72N10O21S2/c1-4-87-19-20-88-39-16-14-33(15-17-39)32-6-10-35(11-7-32)57-67-68-58(92-57)36-12-8-34(9-13-36)52(79)63-40-23-37(72)26-62-56(83)50-51(78)29(2)27-70(50)60(85)49(44(76)25-46(61)77)66-55(82)48(43(75)21-31-5-18-42(74)45(22-31)89-93-91-90-86)65-54(81)41-24-38(73)28-69(41)59(84)47(30(3)71)64-53(40)80/h5-18,22,29-30,37-38,40-41,43-44,47-51,71-76,78,86H,4,19-21,23-28H2,1-3H3,(H2,61,77)(H,62,83)(H,63,79)(H,64,80)(H,65,81)(H,66,82). The fourth-order valence-electron chi connectivity index (χ4n) is 10.8. The number of fused-ring (bicyclic) bond motifs is 2. The summed E-state index contributed by atoms with van der Waals surface area (Å²) in [6.45, 7) is 4.29. The summed E-state index contributed by atoms with van der Waals surface area (Å²) in [6, 6.07) is 13.2. The minimum Gasteiger partial charge on any atom is -0.504 e. The van der Waals surface area contributed by atoms with E-state index < -0.39 is 177 Å². The summed E-state index contributed by atoms with van der Waals surface area (Å²) in [5, 5.41) is 113. The maximum absolute atomic E-state index is 14.7. The zero-order chi connectivity index (χ0) is 67.2. The number of phenolic OH excluding ortho intramolecular Hbond substituents is 1. The van der Waals surface area contributed by atoms with Crippen molar-refractivity contribution >= 4 is 70.9 Å². The molecule has 13 unspecified atom stereocenters. The zero-order valence-electron chi connectivity index (χ0n) is 50.3. The van der Waals surface area contributed by atoms with Crippen LogP contribution in [0.4, 0.5) is 0 Å². The molecular formula is C60H72N10O21S2. The van der Waals surface area contributed by atoms with E-state index in [2.05, 4.69) is 46.2 Å². The van der Waals surface area contributed by atoms with Crippen molar-refractivity contribution < 1.29 is 102 Å². The third kappa shape index (κ3) is 18.0. The molecule has 13 atom stereocenters. The molecule has 3 aliphatic heterocycles. The van der Waals surface area contributed by atoms with Gasteiger partial charge in [-0.15, -0.1) is 10.2 Å². The number of hydrogen-bond acceptors (Lipinski definition) is 25. The molecule has 0 spiro atoms. The topological polar surface area (TPSA) is 463 Å². The summed E-state index contributed by atoms with van der Waals surface area (Å²) in [5.74, 6) is -10.4. The first kappa shape index (κ1) is 70.4. The van der Waals surface area contributed by atoms with Gasteiger partial charge < -0.3 is 91.5 Å². The van der Waals surface area contributed by atoms with Gasteiger partial charge in [-0.2, -0.15) is 0 Å². The lowest BCUT2D eigenvalue weighted by Gasteiger charge is -2.33. The second-order valence-corrected chi connectivity index (χ2v) is 23.8. The molecule has 0 radical (unpaired) electrons. The number of primary amides is 1. The molecule has 31 nitrogen and oxygen atoms in total. The molecule has 0 aliphatic carbocycles. The number of carbonyl (C=O) groups excluding carboxylic acids is 8. The van der Waals surface area contributed by atoms with E-state index in [1.54, 1.807) is 12.1 Å². The Hall–Kier alpha value is -8.45. The third-order valence-corrected chi connectivity index (χ3v) is 17.0. The largest absolute Gasteiger partial charge is 0.504 e. The summed E-state index contributed by atoms with van der Waals surface area (Å²) < 4.78 is 20.4. The Morgan fingerprint density at radius 2 is 1.35 bits per heavy atom. The fraction of sp³-hybridized carbons (Fsp3) is 0.433. The summed E-state index contributed by atoms with van der Waals surface area (Å²) in [7, 11) is 0. The quantitative estimate of drug-likeness (QED) is 0.0178. The SMILES string of the molecule is CCOCCOc1ccc(-c2ccc(-c3nnc(-c4ccc(C(=O)NC5CC(O)CNC(=O)C6C(O)C(C)CN6C(=O)C(C(O)CC(N)=O)NC(=O)C(C(O)Cc6ccc(O)c(OSOOO)c6)NC(=O)C6CC(O)CN6C(=O)C(C(C)O)NC5=O)cc4)s3)cc2)cc1. The number of aliphatic hydroxyl groups is 6. The first-order chi connectivity index (χ1) is 44.4. The lowest BCUT2D eigenvalue weighted by Crippen LogP contribution is -2.64. The number of benzene rings is 4. The van der Waals surface area contributed by atoms with Gasteiger partial charge in [0.2, 0.25) is 41.4 Å². The van der Waals surface area contributed by atoms with Crippen LogP contribution >= 0.6 is 23.7 Å². The molecule has 8 amide bonds. The molecule has 500 valence electrons. The number of aromatic hydroxyl groups is 1. The Labute approximate surface area is 539 Å². The summed E-state index contributed by atoms with van der Waals surface area (Å²) in [5.41, 5.74) is 8.79. The monoisotopic (exact) mass is 1330 g/mol. The van der Waals surface area contributed by atoms with Gasteiger partial charge in [-0.3, -0.25) is 38.4 Å². The number of aliphatic hydroxyl groups excluding tert-OH is 6. The summed E-state index contributed by atoms with van der Waals surface area (Å²) in [6.07, 6.45) is -13.7. The molecule has 0 saturated carbocycles. The first-order valence-corrected chi connectivity index (χ1v) is 30.9. The van der Waals surface area contributed by atoms with E-state index in [0.717, 1.165) is 51.3 Å². The number of aromatic nitrogens is 2. The van der Waals surface area contributed by atoms with Gasteiger partial charge in [-0.1, -0.05) is 82.2 Å². The lowest BCUT2D eigenvalue weighted by atomic mass is 9.98. The number of nitrogens with zero attached hydrogens (tertiary/aromatic N) is 4. The smallest absolute Gasteiger partial charge is 0.261 e. The summed E-state index contributed by atoms with van der Waals surface area (Å²) >= 11 is 1.34. The number of nitrogens with one attached hydrogen (secondary N) is 5. The molecule has 3 aliphatic rings. The number of nitrogens with two attached hydrogens (primary N) is 1. The molecule has 93 heavy (non-hydrogen) atoms. The van der Waals surface area contributed by atoms with E-state index in [1.165, 1.54) is 36.5 Å². The lowest BCUT2D eigenvalue weighted by molar-refractivity contribution is -0.433. The van der Waals surface area contributed by atoms with Crippen LogP contribution in [0.15, 0.2) is 91.0 Å². The van der Waals surface area contributed by atoms with Crippen LogP contribution < -0.4 is 41.2 Å². The van der Waals surface area contributed by atoms with Gasteiger partial charge in [0.1, 0.15) is 58.6 Å². The number of rotatable bonds is 21. The van der Waals surface area contributed by atoms with E-state index in [4.69, 9.17) is 24.6 Å². The maximum atomic E-state index is 14.7. The zero-order valence-corrected chi connectivity index (χ0v) is 51.9. The van der Waals surface area contributed by atoms with Crippen LogP contribution in [0.5, 0.6) is 17.2 Å². The molecule has 1 aromatic heterocycles. The number of β-amino-alcohol motifs (C(OH)–C–C–N with tert-alkyl or cyclic N) is 1. The van der Waals surface area contributed by atoms with Crippen molar-refractivity contribution in [2.75, 3.05) is 39.5 Å². The number of phenols is 1. The minimum atomic E-state index is -2.22. The molecule has 0 bridgehead atoms. The first-order valence-electron chi connectivity index (χ1n) is 29.4. The van der Waals surface area contributed by atoms with Gasteiger partial charge in [-0.25, -0.2) is 5.26 Å². The van der Waals surface area contributed by atoms with Crippen LogP contribution in [0.1, 0.15) is 56.0 Å². The van der Waals surface area contributed by atoms with E-state index in [9.17, 15) is 74.1 Å². The van der Waals surface area contributed by atoms with E-state index in [-0.39, 0.29) is 29.2 Å². The Balaban J connectivity index is 1.06. The second kappa shape index (κ2) is 32.4. The predicted molar refractivity (Wildman–Crippen MR) is 328 cm³/mol. The van der Waals surface area contributed by atoms with Crippen molar-refractivity contribution in [1.82, 2.24) is 46.6 Å². The van der Waals surface area contributed by atoms with Crippen LogP contribution in [0, 0.1) is 5.92 Å². The highest BCUT2D eigenvalue weighted by Gasteiger charge is 2.50. The minimum absolute atomic E-state index is 0.00393. The normalized spacial score (nSPS) is 24.5. The van der Waals surface area contributed by atoms with Crippen molar-refractivity contribution in [1.29, 1.82) is 0 Å². The van der Waals surface area contributed by atoms with E-state index in [0.29, 0.717) is 35.4 Å². The molecule has 4 heterocycles. The van der Waals surface area contributed by atoms with Crippen LogP contribution in [-0.4, -0.2) is 221 Å². The molecule has 3 saturated heterocycles. The maximum Gasteiger partial charge on any atom is 0.261 e. The van der Waals surface area contributed by atoms with Crippen molar-refractivity contribution in [2.24, 2.45) is 11.7 Å². The average Bonchev–Trinajstić information content (AvgIpc) is 1.72. The van der Waals surface area contributed by atoms with Crippen molar-refractivity contribution in [3.8, 4) is 49.5 Å². The number of hydrogen-bond donors (Lipinski definition) is 14. The highest BCUT2D eigenvalue weighted by molar-refractivity contribution is 7.90. The van der Waals surface area contributed by atoms with E-state index in [1.807, 2.05) is 55.5 Å². The molecule has 4 aromatic carbocycles. The summed E-state index contributed by atoms with van der Waals surface area (Å²) in [4.78, 5) is 115. The predicted octanol–water partition coefficient (Wildman–Crippen LogP) is -1.15. The van der Waals surface area contributed by atoms with Gasteiger partial charge in [0.15, 0.2) is 11.5 Å². The van der Waals surface area contributed by atoms with Crippen LogP contribution in [-0.2, 0) is 54.1 Å². The molecular weight excluding hydrogens is 1260 g/mol. The Morgan fingerprint density at radius 3 is 1.99 bits per heavy atom. The molecule has 3 fully saturated rings. The van der Waals surface area contributed by atoms with Crippen LogP contribution in [0.2, 0.25) is 0 Å². The highest BCUT2D eigenvalue weighted by atomic mass is 32.2. The molecule has 8 rings (SSSR count). The number of carbonyl (C=O) groups is 8. The average molecular weight is 1330 g/mol. The van der Waals surface area contributed by atoms with Crippen molar-refractivity contribution in [3.63, 3.8) is 0 Å². The third-order valence-electron chi connectivity index (χ3n) is 15.6. The number of amides is 8. The van der Waals surface area contributed by atoms with Crippen LogP contribution in [0.25, 0.3) is 32.3 Å². The van der Waals surface area contributed by atoms with E-state index >= 15 is 0 Å². The molecule has 5 aromatic rings.